The number of likely N-dealkylation sites (N-methyl/N-ethyl adjacent to an activating group) is 1. The number of ether oxygens (including phenoxy) is 2. The highest BCUT2D eigenvalue weighted by Crippen LogP contribution is 2.28. The van der Waals surface area contributed by atoms with E-state index in [2.05, 4.69) is 57.1 Å². The zero-order valence-corrected chi connectivity index (χ0v) is 21.5. The number of hydrogen-bond donors (Lipinski definition) is 3. The largest absolute Gasteiger partial charge is 0.491 e. The molecule has 1 fully saturated rings. The van der Waals surface area contributed by atoms with Crippen LogP contribution in [-0.2, 0) is 4.74 Å². The molecule has 0 bridgehead atoms. The van der Waals surface area contributed by atoms with Crippen molar-refractivity contribution in [1.29, 1.82) is 0 Å². The Bertz CT molecular complexity index is 1520. The normalized spacial score (nSPS) is 14.5. The van der Waals surface area contributed by atoms with Gasteiger partial charge in [0.1, 0.15) is 24.0 Å². The lowest BCUT2D eigenvalue weighted by atomic mass is 10.2. The van der Waals surface area contributed by atoms with Gasteiger partial charge in [-0.15, -0.1) is 0 Å². The van der Waals surface area contributed by atoms with Gasteiger partial charge < -0.3 is 34.3 Å². The monoisotopic (exact) mass is 512 g/mol. The third-order valence-electron chi connectivity index (χ3n) is 6.95. The van der Waals surface area contributed by atoms with Crippen molar-refractivity contribution in [2.24, 2.45) is 0 Å². The van der Waals surface area contributed by atoms with Gasteiger partial charge in [0.05, 0.1) is 41.9 Å². The second kappa shape index (κ2) is 10.8. The Hall–Kier alpha value is -3.92. The first-order valence-electron chi connectivity index (χ1n) is 13.0. The second-order valence-corrected chi connectivity index (χ2v) is 9.60. The molecule has 0 aliphatic carbocycles. The number of piperazine rings is 1. The highest BCUT2D eigenvalue weighted by Gasteiger charge is 2.16. The standard InChI is InChI=1S/C29H32N6O3/c1-34-10-12-35(13-11-34)22-5-9-25-27(19-22)33-29(31-25)21-4-8-24-26(18-21)32-28(30-24)20-2-6-23(7-3-20)38-17-16-37-15-14-36/h2-9,18-19,36H,10-17H2,1H3,(H,30,32)(H,31,33). The average molecular weight is 513 g/mol. The molecule has 3 aromatic carbocycles. The van der Waals surface area contributed by atoms with Crippen LogP contribution in [0.5, 0.6) is 5.75 Å². The number of aliphatic hydroxyl groups is 1. The van der Waals surface area contributed by atoms with Crippen LogP contribution < -0.4 is 9.64 Å². The van der Waals surface area contributed by atoms with Crippen molar-refractivity contribution < 1.29 is 14.6 Å². The number of nitrogens with one attached hydrogen (secondary N) is 2. The Morgan fingerprint density at radius 3 is 2.16 bits per heavy atom. The highest BCUT2D eigenvalue weighted by molar-refractivity contribution is 5.87. The molecule has 3 heterocycles. The summed E-state index contributed by atoms with van der Waals surface area (Å²) in [7, 11) is 2.17. The van der Waals surface area contributed by atoms with Crippen molar-refractivity contribution in [3.8, 4) is 28.5 Å². The van der Waals surface area contributed by atoms with E-state index < -0.39 is 0 Å². The summed E-state index contributed by atoms with van der Waals surface area (Å²) in [5.74, 6) is 2.41. The fraction of sp³-hybridized carbons (Fsp3) is 0.310. The van der Waals surface area contributed by atoms with Crippen molar-refractivity contribution >= 4 is 27.8 Å². The molecule has 3 N–H and O–H groups in total. The van der Waals surface area contributed by atoms with E-state index >= 15 is 0 Å². The van der Waals surface area contributed by atoms with Gasteiger partial charge in [-0.2, -0.15) is 0 Å². The van der Waals surface area contributed by atoms with Crippen LogP contribution in [0.15, 0.2) is 60.7 Å². The number of rotatable bonds is 9. The van der Waals surface area contributed by atoms with Gasteiger partial charge in [0.2, 0.25) is 0 Å². The van der Waals surface area contributed by atoms with E-state index in [0.29, 0.717) is 19.8 Å². The number of nitrogens with zero attached hydrogens (tertiary/aromatic N) is 4. The lowest BCUT2D eigenvalue weighted by molar-refractivity contribution is 0.0705. The predicted molar refractivity (Wildman–Crippen MR) is 150 cm³/mol. The third kappa shape index (κ3) is 5.22. The molecule has 1 aliphatic rings. The van der Waals surface area contributed by atoms with Gasteiger partial charge >= 0.3 is 0 Å². The van der Waals surface area contributed by atoms with Crippen LogP contribution in [0.2, 0.25) is 0 Å². The summed E-state index contributed by atoms with van der Waals surface area (Å²) in [6, 6.07) is 20.5. The minimum absolute atomic E-state index is 0.0178. The number of anilines is 1. The van der Waals surface area contributed by atoms with Gasteiger partial charge in [-0.25, -0.2) is 9.97 Å². The number of aromatic nitrogens is 4. The first-order chi connectivity index (χ1) is 18.7. The number of H-pyrrole nitrogens is 2. The van der Waals surface area contributed by atoms with Crippen LogP contribution in [0, 0.1) is 0 Å². The molecular formula is C29H32N6O3. The molecule has 1 saturated heterocycles. The Morgan fingerprint density at radius 2 is 1.42 bits per heavy atom. The number of imidazole rings is 2. The lowest BCUT2D eigenvalue weighted by Crippen LogP contribution is -2.44. The van der Waals surface area contributed by atoms with E-state index in [4.69, 9.17) is 24.5 Å². The molecule has 0 atom stereocenters. The Morgan fingerprint density at radius 1 is 0.763 bits per heavy atom. The van der Waals surface area contributed by atoms with E-state index in [9.17, 15) is 0 Å². The van der Waals surface area contributed by atoms with E-state index in [1.807, 2.05) is 30.3 Å². The van der Waals surface area contributed by atoms with E-state index in [0.717, 1.165) is 76.8 Å². The molecule has 2 aromatic heterocycles. The van der Waals surface area contributed by atoms with Crippen LogP contribution >= 0.6 is 0 Å². The Labute approximate surface area is 221 Å². The Balaban J connectivity index is 1.18. The predicted octanol–water partition coefficient (Wildman–Crippen LogP) is 3.91. The van der Waals surface area contributed by atoms with Crippen molar-refractivity contribution in [2.75, 3.05) is 64.6 Å². The summed E-state index contributed by atoms with van der Waals surface area (Å²) in [4.78, 5) is 21.4. The average Bonchev–Trinajstić information content (AvgIpc) is 3.57. The van der Waals surface area contributed by atoms with Gasteiger partial charge in [0.15, 0.2) is 0 Å². The van der Waals surface area contributed by atoms with Crippen LogP contribution in [0.4, 0.5) is 5.69 Å². The van der Waals surface area contributed by atoms with Gasteiger partial charge in [-0.1, -0.05) is 0 Å². The number of fused-ring (bicyclic) bond motifs is 2. The lowest BCUT2D eigenvalue weighted by Gasteiger charge is -2.34. The van der Waals surface area contributed by atoms with Gasteiger partial charge in [0, 0.05) is 43.0 Å². The van der Waals surface area contributed by atoms with Gasteiger partial charge in [-0.05, 0) is 67.7 Å². The maximum atomic E-state index is 8.75. The number of benzene rings is 3. The van der Waals surface area contributed by atoms with Crippen molar-refractivity contribution in [3.05, 3.63) is 60.7 Å². The van der Waals surface area contributed by atoms with Crippen LogP contribution in [-0.4, -0.2) is 89.6 Å². The number of hydrogen-bond acceptors (Lipinski definition) is 7. The molecule has 0 radical (unpaired) electrons. The van der Waals surface area contributed by atoms with Crippen molar-refractivity contribution in [2.45, 2.75) is 0 Å². The second-order valence-electron chi connectivity index (χ2n) is 9.60. The first kappa shape index (κ1) is 24.4. The molecule has 1 aliphatic heterocycles. The molecule has 196 valence electrons. The summed E-state index contributed by atoms with van der Waals surface area (Å²) < 4.78 is 10.9. The molecule has 0 saturated carbocycles. The van der Waals surface area contributed by atoms with Gasteiger partial charge in [-0.3, -0.25) is 0 Å². The molecule has 6 rings (SSSR count). The van der Waals surface area contributed by atoms with Crippen LogP contribution in [0.1, 0.15) is 0 Å². The first-order valence-corrected chi connectivity index (χ1v) is 13.0. The molecule has 9 nitrogen and oxygen atoms in total. The van der Waals surface area contributed by atoms with Gasteiger partial charge in [0.25, 0.3) is 0 Å². The minimum atomic E-state index is 0.0178. The van der Waals surface area contributed by atoms with Crippen molar-refractivity contribution in [3.63, 3.8) is 0 Å². The summed E-state index contributed by atoms with van der Waals surface area (Å²) in [5, 5.41) is 8.75. The fourth-order valence-corrected chi connectivity index (χ4v) is 4.78. The Kier molecular flexibility index (Phi) is 6.96. The molecule has 0 spiro atoms. The highest BCUT2D eigenvalue weighted by atomic mass is 16.5. The van der Waals surface area contributed by atoms with Crippen LogP contribution in [0.3, 0.4) is 0 Å². The van der Waals surface area contributed by atoms with E-state index in [1.165, 1.54) is 5.69 Å². The maximum Gasteiger partial charge on any atom is 0.138 e. The van der Waals surface area contributed by atoms with E-state index in [1.54, 1.807) is 0 Å². The summed E-state index contributed by atoms with van der Waals surface area (Å²) in [6.07, 6.45) is 0. The van der Waals surface area contributed by atoms with Crippen molar-refractivity contribution in [1.82, 2.24) is 24.8 Å². The zero-order valence-electron chi connectivity index (χ0n) is 21.5. The molecular weight excluding hydrogens is 480 g/mol. The number of aromatic amines is 2. The third-order valence-corrected chi connectivity index (χ3v) is 6.95. The fourth-order valence-electron chi connectivity index (χ4n) is 4.78. The maximum absolute atomic E-state index is 8.75. The molecule has 0 unspecified atom stereocenters. The minimum Gasteiger partial charge on any atom is -0.491 e. The smallest absolute Gasteiger partial charge is 0.138 e. The molecule has 5 aromatic rings. The molecule has 0 amide bonds. The molecule has 9 heteroatoms. The SMILES string of the molecule is CN1CCN(c2ccc3nc(-c4ccc5nc(-c6ccc(OCCOCCO)cc6)[nH]c5c4)[nH]c3c2)CC1. The quantitative estimate of drug-likeness (QED) is 0.257. The summed E-state index contributed by atoms with van der Waals surface area (Å²) >= 11 is 0. The zero-order chi connectivity index (χ0) is 25.9. The molecule has 38 heavy (non-hydrogen) atoms. The topological polar surface area (TPSA) is 103 Å². The summed E-state index contributed by atoms with van der Waals surface area (Å²) in [5.41, 5.74) is 7.09. The number of aliphatic hydroxyl groups excluding tert-OH is 1. The van der Waals surface area contributed by atoms with Crippen LogP contribution in [0.25, 0.3) is 44.8 Å². The summed E-state index contributed by atoms with van der Waals surface area (Å²) in [6.45, 7) is 5.46. The van der Waals surface area contributed by atoms with E-state index in [-0.39, 0.29) is 6.61 Å².